The molecule has 0 radical (unpaired) electrons. The zero-order valence-electron chi connectivity index (χ0n) is 23.2. The Balaban J connectivity index is 1.18. The Morgan fingerprint density at radius 3 is 2.27 bits per heavy atom. The Bertz CT molecular complexity index is 1470. The zero-order valence-corrected chi connectivity index (χ0v) is 23.2. The number of alkyl carbamates (subject to hydrolysis) is 1. The van der Waals surface area contributed by atoms with Crippen molar-refractivity contribution in [1.29, 1.82) is 0 Å². The van der Waals surface area contributed by atoms with Gasteiger partial charge in [0.15, 0.2) is 0 Å². The van der Waals surface area contributed by atoms with E-state index in [9.17, 15) is 9.59 Å². The molecular weight excluding hydrogens is 503 g/mol. The largest absolute Gasteiger partial charge is 0.492 e. The third kappa shape index (κ3) is 4.82. The molecule has 0 unspecified atom stereocenters. The number of rotatable bonds is 6. The van der Waals surface area contributed by atoms with Crippen LogP contribution in [0.4, 0.5) is 10.5 Å². The quantitative estimate of drug-likeness (QED) is 0.393. The Kier molecular flexibility index (Phi) is 6.55. The zero-order chi connectivity index (χ0) is 28.1. The molecule has 204 valence electrons. The fraction of sp³-hybridized carbons (Fsp3) is 0.312. The van der Waals surface area contributed by atoms with E-state index in [1.807, 2.05) is 76.2 Å². The molecule has 2 aliphatic heterocycles. The van der Waals surface area contributed by atoms with Gasteiger partial charge in [-0.25, -0.2) is 4.79 Å². The maximum Gasteiger partial charge on any atom is 0.492 e. The smallest absolute Gasteiger partial charge is 0.449 e. The van der Waals surface area contributed by atoms with Gasteiger partial charge in [-0.15, -0.1) is 0 Å². The number of amides is 2. The summed E-state index contributed by atoms with van der Waals surface area (Å²) in [7, 11) is -0.651. The molecule has 6 rings (SSSR count). The van der Waals surface area contributed by atoms with E-state index >= 15 is 0 Å². The first-order chi connectivity index (χ1) is 19.1. The second kappa shape index (κ2) is 9.95. The highest BCUT2D eigenvalue weighted by molar-refractivity contribution is 6.56. The van der Waals surface area contributed by atoms with Crippen LogP contribution >= 0.6 is 0 Å². The number of anilines is 1. The summed E-state index contributed by atoms with van der Waals surface area (Å²) in [5, 5.41) is 5.80. The van der Waals surface area contributed by atoms with Gasteiger partial charge in [-0.05, 0) is 72.6 Å². The van der Waals surface area contributed by atoms with Crippen molar-refractivity contribution >= 4 is 30.9 Å². The number of benzene rings is 3. The van der Waals surface area contributed by atoms with E-state index in [2.05, 4.69) is 34.9 Å². The van der Waals surface area contributed by atoms with Gasteiger partial charge >= 0.3 is 13.2 Å². The van der Waals surface area contributed by atoms with Gasteiger partial charge in [-0.1, -0.05) is 66.7 Å². The van der Waals surface area contributed by atoms with Gasteiger partial charge in [0, 0.05) is 18.2 Å². The standard InChI is InChI=1S/C32H33BN2O5/c1-31(2)32(3,4)40-33(39-31)22(15-20-13-14-21-17-29(36)35-28(21)16-20)18-34-30(37)38-19-27-25-11-7-5-9-23(25)24-10-6-8-12-26(24)27/h5-16,27H,17-19H2,1-4H3,(H,34,37)(H,35,36). The molecular formula is C32H33BN2O5. The fourth-order valence-corrected chi connectivity index (χ4v) is 5.56. The van der Waals surface area contributed by atoms with Crippen molar-refractivity contribution in [3.05, 3.63) is 94.5 Å². The first-order valence-corrected chi connectivity index (χ1v) is 13.7. The van der Waals surface area contributed by atoms with E-state index in [0.717, 1.165) is 33.4 Å². The van der Waals surface area contributed by atoms with Crippen molar-refractivity contribution in [1.82, 2.24) is 5.32 Å². The summed E-state index contributed by atoms with van der Waals surface area (Å²) in [6, 6.07) is 22.3. The van der Waals surface area contributed by atoms with Crippen LogP contribution in [-0.2, 0) is 25.3 Å². The molecule has 1 fully saturated rings. The third-order valence-electron chi connectivity index (χ3n) is 8.45. The van der Waals surface area contributed by atoms with Gasteiger partial charge in [0.1, 0.15) is 6.61 Å². The van der Waals surface area contributed by atoms with Gasteiger partial charge in [-0.3, -0.25) is 4.79 Å². The molecule has 0 spiro atoms. The van der Waals surface area contributed by atoms with Crippen molar-refractivity contribution in [2.45, 2.75) is 51.2 Å². The predicted octanol–water partition coefficient (Wildman–Crippen LogP) is 5.73. The van der Waals surface area contributed by atoms with Gasteiger partial charge in [-0.2, -0.15) is 0 Å². The monoisotopic (exact) mass is 536 g/mol. The Labute approximate surface area is 235 Å². The minimum Gasteiger partial charge on any atom is -0.449 e. The molecule has 2 amide bonds. The lowest BCUT2D eigenvalue weighted by atomic mass is 9.77. The molecule has 0 atom stereocenters. The van der Waals surface area contributed by atoms with E-state index in [1.165, 1.54) is 11.1 Å². The molecule has 3 aliphatic rings. The number of hydrogen-bond donors (Lipinski definition) is 2. The van der Waals surface area contributed by atoms with Crippen LogP contribution in [0.3, 0.4) is 0 Å². The molecule has 3 aromatic rings. The van der Waals surface area contributed by atoms with Crippen LogP contribution in [0.5, 0.6) is 0 Å². The lowest BCUT2D eigenvalue weighted by Crippen LogP contribution is -2.41. The summed E-state index contributed by atoms with van der Waals surface area (Å²) in [6.45, 7) is 8.39. The van der Waals surface area contributed by atoms with E-state index in [-0.39, 0.29) is 25.0 Å². The van der Waals surface area contributed by atoms with E-state index in [0.29, 0.717) is 6.42 Å². The average Bonchev–Trinajstić information content (AvgIpc) is 3.52. The van der Waals surface area contributed by atoms with Crippen LogP contribution in [-0.4, -0.2) is 43.5 Å². The van der Waals surface area contributed by atoms with Gasteiger partial charge in [0.25, 0.3) is 0 Å². The van der Waals surface area contributed by atoms with Crippen LogP contribution in [0.2, 0.25) is 0 Å². The molecule has 1 saturated heterocycles. The van der Waals surface area contributed by atoms with Crippen LogP contribution in [0.15, 0.2) is 72.2 Å². The SMILES string of the molecule is CC1(C)OB(C(=Cc2ccc3c(c2)NC(=O)C3)CNC(=O)OCC2c3ccccc3-c3ccccc32)OC1(C)C. The average molecular weight is 536 g/mol. The maximum atomic E-state index is 13.0. The van der Waals surface area contributed by atoms with Crippen molar-refractivity contribution in [2.75, 3.05) is 18.5 Å². The minimum atomic E-state index is -0.651. The number of ether oxygens (including phenoxy) is 1. The maximum absolute atomic E-state index is 13.0. The van der Waals surface area contributed by atoms with Gasteiger partial charge in [0.05, 0.1) is 17.6 Å². The van der Waals surface area contributed by atoms with Gasteiger partial charge < -0.3 is 24.7 Å². The summed E-state index contributed by atoms with van der Waals surface area (Å²) < 4.78 is 18.4. The molecule has 0 bridgehead atoms. The summed E-state index contributed by atoms with van der Waals surface area (Å²) >= 11 is 0. The number of fused-ring (bicyclic) bond motifs is 4. The molecule has 2 heterocycles. The van der Waals surface area contributed by atoms with Crippen molar-refractivity contribution in [3.63, 3.8) is 0 Å². The lowest BCUT2D eigenvalue weighted by molar-refractivity contribution is -0.115. The van der Waals surface area contributed by atoms with E-state index in [1.54, 1.807) is 0 Å². The van der Waals surface area contributed by atoms with E-state index < -0.39 is 24.4 Å². The Morgan fingerprint density at radius 2 is 1.62 bits per heavy atom. The normalized spacial score (nSPS) is 18.6. The summed E-state index contributed by atoms with van der Waals surface area (Å²) in [6.07, 6.45) is 1.81. The molecule has 0 saturated carbocycles. The van der Waals surface area contributed by atoms with Crippen LogP contribution in [0.1, 0.15) is 55.9 Å². The second-order valence-electron chi connectivity index (χ2n) is 11.6. The van der Waals surface area contributed by atoms with Crippen molar-refractivity contribution < 1.29 is 23.6 Å². The van der Waals surface area contributed by atoms with Gasteiger partial charge in [0.2, 0.25) is 5.91 Å². The molecule has 2 N–H and O–H groups in total. The summed E-state index contributed by atoms with van der Waals surface area (Å²) in [5.41, 5.74) is 7.02. The fourth-order valence-electron chi connectivity index (χ4n) is 5.56. The number of carbonyl (C=O) groups excluding carboxylic acids is 2. The number of nitrogens with one attached hydrogen (secondary N) is 2. The molecule has 40 heavy (non-hydrogen) atoms. The Hall–Kier alpha value is -3.88. The van der Waals surface area contributed by atoms with Crippen LogP contribution < -0.4 is 10.6 Å². The molecule has 3 aromatic carbocycles. The molecule has 8 heteroatoms. The highest BCUT2D eigenvalue weighted by Gasteiger charge is 2.52. The highest BCUT2D eigenvalue weighted by atomic mass is 16.7. The third-order valence-corrected chi connectivity index (χ3v) is 8.45. The minimum absolute atomic E-state index is 0.0146. The molecule has 1 aliphatic carbocycles. The molecule has 0 aromatic heterocycles. The number of hydrogen-bond acceptors (Lipinski definition) is 5. The first-order valence-electron chi connectivity index (χ1n) is 13.7. The van der Waals surface area contributed by atoms with Crippen molar-refractivity contribution in [3.8, 4) is 11.1 Å². The number of carbonyl (C=O) groups is 2. The van der Waals surface area contributed by atoms with E-state index in [4.69, 9.17) is 14.0 Å². The lowest BCUT2D eigenvalue weighted by Gasteiger charge is -2.32. The topological polar surface area (TPSA) is 85.9 Å². The highest BCUT2D eigenvalue weighted by Crippen LogP contribution is 2.44. The summed E-state index contributed by atoms with van der Waals surface area (Å²) in [5.74, 6) is -0.0304. The second-order valence-corrected chi connectivity index (χ2v) is 11.6. The molecule has 7 nitrogen and oxygen atoms in total. The summed E-state index contributed by atoms with van der Waals surface area (Å²) in [4.78, 5) is 24.8. The predicted molar refractivity (Wildman–Crippen MR) is 156 cm³/mol. The first kappa shape index (κ1) is 26.4. The Morgan fingerprint density at radius 1 is 1.00 bits per heavy atom. The van der Waals surface area contributed by atoms with Crippen molar-refractivity contribution in [2.24, 2.45) is 0 Å². The van der Waals surface area contributed by atoms with Crippen LogP contribution in [0.25, 0.3) is 17.2 Å². The van der Waals surface area contributed by atoms with Crippen LogP contribution in [0, 0.1) is 0 Å².